The van der Waals surface area contributed by atoms with Crippen LogP contribution < -0.4 is 0 Å². The number of hydrogen-bond acceptors (Lipinski definition) is 2. The molecule has 1 rings (SSSR count). The fourth-order valence-corrected chi connectivity index (χ4v) is 3.23. The Morgan fingerprint density at radius 3 is 2.04 bits per heavy atom. The lowest BCUT2D eigenvalue weighted by molar-refractivity contribution is 0.348. The number of nitrogens with zero attached hydrogens (tertiary/aromatic N) is 1. The molecule has 138 valence electrons. The summed E-state index contributed by atoms with van der Waals surface area (Å²) in [5.74, 6) is 0.503. The Hall–Kier alpha value is -1.18. The second-order valence-corrected chi connectivity index (χ2v) is 8.24. The van der Waals surface area contributed by atoms with Crippen LogP contribution in [0.2, 0.25) is 0 Å². The lowest BCUT2D eigenvalue weighted by Crippen LogP contribution is -2.22. The Morgan fingerprint density at radius 2 is 1.58 bits per heavy atom. The molecule has 0 atom stereocenters. The van der Waals surface area contributed by atoms with Gasteiger partial charge in [-0.15, -0.1) is 0 Å². The Balaban J connectivity index is 2.88. The predicted molar refractivity (Wildman–Crippen MR) is 106 cm³/mol. The predicted octanol–water partition coefficient (Wildman–Crippen LogP) is 6.76. The van der Waals surface area contributed by atoms with Gasteiger partial charge in [-0.3, -0.25) is 0 Å². The highest BCUT2D eigenvalue weighted by Crippen LogP contribution is 2.38. The highest BCUT2D eigenvalue weighted by atomic mass is 16.3. The summed E-state index contributed by atoms with van der Waals surface area (Å²) < 4.78 is 0. The largest absolute Gasteiger partial charge is 0.508 e. The number of hydrogen-bond donors (Lipinski definition) is 1. The minimum absolute atomic E-state index is 0.00788. The number of allylic oxidation sites excluding steroid dienone is 4. The van der Waals surface area contributed by atoms with E-state index in [4.69, 9.17) is 0 Å². The molecule has 0 spiro atoms. The van der Waals surface area contributed by atoms with Crippen molar-refractivity contribution in [2.45, 2.75) is 86.5 Å². The second-order valence-electron chi connectivity index (χ2n) is 8.24. The Kier molecular flexibility index (Phi) is 8.66. The van der Waals surface area contributed by atoms with Gasteiger partial charge >= 0.3 is 0 Å². The van der Waals surface area contributed by atoms with Crippen molar-refractivity contribution in [3.8, 4) is 0 Å². The molecule has 1 N–H and O–H groups in total. The summed E-state index contributed by atoms with van der Waals surface area (Å²) >= 11 is 0. The first kappa shape index (κ1) is 20.9. The first-order chi connectivity index (χ1) is 11.3. The van der Waals surface area contributed by atoms with Gasteiger partial charge in [0.1, 0.15) is 5.76 Å². The van der Waals surface area contributed by atoms with Crippen LogP contribution in [0.25, 0.3) is 0 Å². The van der Waals surface area contributed by atoms with Crippen molar-refractivity contribution < 1.29 is 5.11 Å². The lowest BCUT2D eigenvalue weighted by atomic mass is 9.78. The van der Waals surface area contributed by atoms with Crippen LogP contribution >= 0.6 is 0 Å². The van der Waals surface area contributed by atoms with Gasteiger partial charge in [-0.1, -0.05) is 66.4 Å². The van der Waals surface area contributed by atoms with Gasteiger partial charge < -0.3 is 10.0 Å². The molecule has 0 saturated heterocycles. The maximum atomic E-state index is 10.4. The molecular weight excluding hydrogens is 294 g/mol. The third-order valence-electron chi connectivity index (χ3n) is 4.79. The summed E-state index contributed by atoms with van der Waals surface area (Å²) in [4.78, 5) is 2.51. The van der Waals surface area contributed by atoms with Crippen LogP contribution in [0.15, 0.2) is 34.8 Å². The zero-order valence-corrected chi connectivity index (χ0v) is 16.9. The van der Waals surface area contributed by atoms with E-state index < -0.39 is 0 Å². The first-order valence-electron chi connectivity index (χ1n) is 9.85. The van der Waals surface area contributed by atoms with Gasteiger partial charge in [0.15, 0.2) is 0 Å². The van der Waals surface area contributed by atoms with Gasteiger partial charge in [0.2, 0.25) is 0 Å². The summed E-state index contributed by atoms with van der Waals surface area (Å²) in [6, 6.07) is 0. The second kappa shape index (κ2) is 9.96. The van der Waals surface area contributed by atoms with Gasteiger partial charge in [0.05, 0.1) is 0 Å². The van der Waals surface area contributed by atoms with Gasteiger partial charge in [0, 0.05) is 19.3 Å². The van der Waals surface area contributed by atoms with Crippen LogP contribution in [0.3, 0.4) is 0 Å². The van der Waals surface area contributed by atoms with Crippen molar-refractivity contribution in [1.29, 1.82) is 0 Å². The maximum Gasteiger partial charge on any atom is 0.118 e. The molecule has 0 aliphatic heterocycles. The Bertz CT molecular complexity index is 467. The van der Waals surface area contributed by atoms with Crippen molar-refractivity contribution in [1.82, 2.24) is 4.90 Å². The number of rotatable bonds is 9. The van der Waals surface area contributed by atoms with E-state index in [1.807, 2.05) is 6.92 Å². The molecule has 1 aliphatic rings. The van der Waals surface area contributed by atoms with E-state index in [0.29, 0.717) is 5.76 Å². The summed E-state index contributed by atoms with van der Waals surface area (Å²) in [6.07, 6.45) is 13.1. The van der Waals surface area contributed by atoms with E-state index in [-0.39, 0.29) is 5.41 Å². The molecule has 2 heteroatoms. The summed E-state index contributed by atoms with van der Waals surface area (Å²) in [6.45, 7) is 15.4. The van der Waals surface area contributed by atoms with Crippen molar-refractivity contribution in [3.63, 3.8) is 0 Å². The maximum absolute atomic E-state index is 10.4. The molecule has 0 fully saturated rings. The molecule has 1 aliphatic carbocycles. The van der Waals surface area contributed by atoms with Crippen LogP contribution in [-0.4, -0.2) is 23.1 Å². The minimum atomic E-state index is 0.00788. The van der Waals surface area contributed by atoms with Crippen LogP contribution in [0, 0.1) is 5.41 Å². The molecule has 0 unspecified atom stereocenters. The van der Waals surface area contributed by atoms with Gasteiger partial charge in [-0.2, -0.15) is 0 Å². The summed E-state index contributed by atoms with van der Waals surface area (Å²) in [7, 11) is 0. The molecule has 0 heterocycles. The Morgan fingerprint density at radius 1 is 1.04 bits per heavy atom. The van der Waals surface area contributed by atoms with Crippen molar-refractivity contribution in [2.75, 3.05) is 13.1 Å². The average molecular weight is 334 g/mol. The van der Waals surface area contributed by atoms with E-state index in [1.54, 1.807) is 0 Å². The monoisotopic (exact) mass is 333 g/mol. The molecule has 0 aromatic rings. The number of aliphatic hydroxyl groups excluding tert-OH is 1. The quantitative estimate of drug-likeness (QED) is 0.471. The molecule has 0 aromatic carbocycles. The smallest absolute Gasteiger partial charge is 0.118 e. The fraction of sp³-hybridized carbons (Fsp3) is 0.727. The highest BCUT2D eigenvalue weighted by molar-refractivity contribution is 5.44. The number of unbranched alkanes of at least 4 members (excludes halogenated alkanes) is 4. The van der Waals surface area contributed by atoms with E-state index in [9.17, 15) is 5.11 Å². The molecule has 0 radical (unpaired) electrons. The normalized spacial score (nSPS) is 17.4. The molecule has 0 amide bonds. The SMILES string of the molecule is CCCCCN(C=C1C=C(C)C(O)=C(C(C)(C)C)C1)CCCCC. The van der Waals surface area contributed by atoms with Crippen molar-refractivity contribution >= 4 is 0 Å². The standard InChI is InChI=1S/C22H39NO/c1-7-9-11-13-23(14-12-10-8-2)17-19-15-18(3)21(24)20(16-19)22(4,5)6/h15,17,24H,7-14,16H2,1-6H3. The van der Waals surface area contributed by atoms with Crippen molar-refractivity contribution in [2.24, 2.45) is 5.41 Å². The first-order valence-corrected chi connectivity index (χ1v) is 9.85. The van der Waals surface area contributed by atoms with E-state index in [0.717, 1.165) is 30.7 Å². The molecule has 0 aromatic heterocycles. The third-order valence-corrected chi connectivity index (χ3v) is 4.79. The lowest BCUT2D eigenvalue weighted by Gasteiger charge is -2.30. The summed E-state index contributed by atoms with van der Waals surface area (Å²) in [5, 5.41) is 10.4. The highest BCUT2D eigenvalue weighted by Gasteiger charge is 2.25. The molecule has 2 nitrogen and oxygen atoms in total. The van der Waals surface area contributed by atoms with Crippen LogP contribution in [0.5, 0.6) is 0 Å². The fourth-order valence-electron chi connectivity index (χ4n) is 3.23. The van der Waals surface area contributed by atoms with E-state index in [2.05, 4.69) is 51.8 Å². The summed E-state index contributed by atoms with van der Waals surface area (Å²) in [5.41, 5.74) is 3.51. The van der Waals surface area contributed by atoms with Gasteiger partial charge in [-0.05, 0) is 48.3 Å². The number of aliphatic hydroxyl groups is 1. The van der Waals surface area contributed by atoms with Crippen LogP contribution in [0.4, 0.5) is 0 Å². The van der Waals surface area contributed by atoms with Gasteiger partial charge in [0.25, 0.3) is 0 Å². The van der Waals surface area contributed by atoms with E-state index >= 15 is 0 Å². The topological polar surface area (TPSA) is 23.5 Å². The third kappa shape index (κ3) is 6.75. The molecular formula is C22H39NO. The molecule has 0 saturated carbocycles. The zero-order valence-electron chi connectivity index (χ0n) is 16.9. The van der Waals surface area contributed by atoms with Crippen LogP contribution in [-0.2, 0) is 0 Å². The zero-order chi connectivity index (χ0) is 18.2. The van der Waals surface area contributed by atoms with Gasteiger partial charge in [-0.25, -0.2) is 0 Å². The van der Waals surface area contributed by atoms with Crippen molar-refractivity contribution in [3.05, 3.63) is 34.8 Å². The van der Waals surface area contributed by atoms with E-state index in [1.165, 1.54) is 44.1 Å². The Labute approximate surface area is 150 Å². The molecule has 0 bridgehead atoms. The average Bonchev–Trinajstić information content (AvgIpc) is 2.49. The minimum Gasteiger partial charge on any atom is -0.508 e. The molecule has 24 heavy (non-hydrogen) atoms. The van der Waals surface area contributed by atoms with Crippen LogP contribution in [0.1, 0.15) is 86.5 Å².